The Bertz CT molecular complexity index is 246. The first-order valence-electron chi connectivity index (χ1n) is 4.02. The van der Waals surface area contributed by atoms with Crippen molar-refractivity contribution >= 4 is 11.9 Å². The van der Waals surface area contributed by atoms with E-state index < -0.39 is 11.9 Å². The summed E-state index contributed by atoms with van der Waals surface area (Å²) < 4.78 is 9.01. The van der Waals surface area contributed by atoms with Gasteiger partial charge in [-0.3, -0.25) is 0 Å². The molecule has 14 heavy (non-hydrogen) atoms. The maximum absolute atomic E-state index is 10.7. The van der Waals surface area contributed by atoms with Crippen molar-refractivity contribution in [1.29, 1.82) is 0 Å². The molecule has 0 aromatic rings. The molecule has 0 bridgehead atoms. The number of rotatable bonds is 4. The Kier molecular flexibility index (Phi) is 6.77. The maximum Gasteiger partial charge on any atom is 0.335 e. The standard InChI is InChI=1S/C10H12O4/c1-3-5-9(11)13-7-8-14-10(12)6-4-2/h3-8H,1-2H3/b5-3+,6-4+,8-7+. The van der Waals surface area contributed by atoms with Crippen LogP contribution in [0.15, 0.2) is 36.8 Å². The van der Waals surface area contributed by atoms with Gasteiger partial charge in [0.2, 0.25) is 0 Å². The summed E-state index contributed by atoms with van der Waals surface area (Å²) in [7, 11) is 0. The lowest BCUT2D eigenvalue weighted by molar-refractivity contribution is -0.135. The van der Waals surface area contributed by atoms with E-state index in [0.29, 0.717) is 0 Å². The lowest BCUT2D eigenvalue weighted by atomic mass is 10.5. The van der Waals surface area contributed by atoms with E-state index in [2.05, 4.69) is 9.47 Å². The second-order valence-electron chi connectivity index (χ2n) is 2.15. The minimum absolute atomic E-state index is 0.522. The van der Waals surface area contributed by atoms with E-state index >= 15 is 0 Å². The first-order chi connectivity index (χ1) is 6.70. The van der Waals surface area contributed by atoms with E-state index in [0.717, 1.165) is 12.5 Å². The molecule has 4 nitrogen and oxygen atoms in total. The van der Waals surface area contributed by atoms with Crippen molar-refractivity contribution in [2.75, 3.05) is 0 Å². The highest BCUT2D eigenvalue weighted by Crippen LogP contribution is 1.87. The summed E-state index contributed by atoms with van der Waals surface area (Å²) in [5, 5.41) is 0. The van der Waals surface area contributed by atoms with Gasteiger partial charge in [0.1, 0.15) is 12.5 Å². The van der Waals surface area contributed by atoms with Crippen LogP contribution in [0.1, 0.15) is 13.8 Å². The minimum Gasteiger partial charge on any atom is -0.428 e. The Morgan fingerprint density at radius 3 is 1.50 bits per heavy atom. The molecule has 0 fully saturated rings. The molecule has 0 rings (SSSR count). The molecular weight excluding hydrogens is 184 g/mol. The van der Waals surface area contributed by atoms with Gasteiger partial charge in [0.05, 0.1) is 0 Å². The molecule has 0 N–H and O–H groups in total. The van der Waals surface area contributed by atoms with E-state index in [9.17, 15) is 9.59 Å². The summed E-state index contributed by atoms with van der Waals surface area (Å²) in [6.45, 7) is 3.38. The van der Waals surface area contributed by atoms with Crippen molar-refractivity contribution in [2.24, 2.45) is 0 Å². The lowest BCUT2D eigenvalue weighted by Gasteiger charge is -1.92. The molecule has 0 saturated heterocycles. The summed E-state index contributed by atoms with van der Waals surface area (Å²) in [5.74, 6) is -1.04. The molecule has 0 aliphatic carbocycles. The Labute approximate surface area is 82.5 Å². The SMILES string of the molecule is C/C=C/C(=O)O/C=C/OC(=O)/C=C/C. The van der Waals surface area contributed by atoms with Crippen molar-refractivity contribution in [2.45, 2.75) is 13.8 Å². The second-order valence-corrected chi connectivity index (χ2v) is 2.15. The molecule has 0 aliphatic rings. The van der Waals surface area contributed by atoms with Gasteiger partial charge in [0.15, 0.2) is 0 Å². The highest BCUT2D eigenvalue weighted by molar-refractivity contribution is 5.83. The van der Waals surface area contributed by atoms with Gasteiger partial charge >= 0.3 is 11.9 Å². The summed E-state index contributed by atoms with van der Waals surface area (Å²) in [6, 6.07) is 0. The summed E-state index contributed by atoms with van der Waals surface area (Å²) in [4.78, 5) is 21.4. The van der Waals surface area contributed by atoms with Crippen LogP contribution in [-0.2, 0) is 19.1 Å². The fraction of sp³-hybridized carbons (Fsp3) is 0.200. The molecule has 76 valence electrons. The van der Waals surface area contributed by atoms with Crippen LogP contribution in [0.5, 0.6) is 0 Å². The Balaban J connectivity index is 3.74. The molecule has 0 aromatic heterocycles. The van der Waals surface area contributed by atoms with Gasteiger partial charge in [-0.05, 0) is 13.8 Å². The molecule has 0 aliphatic heterocycles. The van der Waals surface area contributed by atoms with Crippen molar-refractivity contribution in [3.63, 3.8) is 0 Å². The Hall–Kier alpha value is -1.84. The lowest BCUT2D eigenvalue weighted by Crippen LogP contribution is -1.96. The van der Waals surface area contributed by atoms with Crippen LogP contribution in [0.3, 0.4) is 0 Å². The van der Waals surface area contributed by atoms with Crippen molar-refractivity contribution in [3.05, 3.63) is 36.8 Å². The zero-order chi connectivity index (χ0) is 10.8. The Morgan fingerprint density at radius 2 is 1.21 bits per heavy atom. The largest absolute Gasteiger partial charge is 0.428 e. The number of esters is 2. The molecule has 0 spiro atoms. The number of ether oxygens (including phenoxy) is 2. The van der Waals surface area contributed by atoms with Crippen molar-refractivity contribution < 1.29 is 19.1 Å². The predicted octanol–water partition coefficient (Wildman–Crippen LogP) is 1.70. The van der Waals surface area contributed by atoms with Crippen molar-refractivity contribution in [1.82, 2.24) is 0 Å². The fourth-order valence-corrected chi connectivity index (χ4v) is 0.540. The molecule has 0 amide bonds. The summed E-state index contributed by atoms with van der Waals surface area (Å²) in [5.41, 5.74) is 0. The van der Waals surface area contributed by atoms with Gasteiger partial charge in [-0.15, -0.1) is 0 Å². The predicted molar refractivity (Wildman–Crippen MR) is 51.0 cm³/mol. The van der Waals surface area contributed by atoms with Gasteiger partial charge in [-0.2, -0.15) is 0 Å². The average molecular weight is 196 g/mol. The highest BCUT2D eigenvalue weighted by atomic mass is 16.6. The third-order valence-corrected chi connectivity index (χ3v) is 1.03. The first-order valence-corrected chi connectivity index (χ1v) is 4.02. The number of carbonyl (C=O) groups excluding carboxylic acids is 2. The van der Waals surface area contributed by atoms with Gasteiger partial charge < -0.3 is 9.47 Å². The minimum atomic E-state index is -0.522. The monoisotopic (exact) mass is 196 g/mol. The van der Waals surface area contributed by atoms with E-state index in [-0.39, 0.29) is 0 Å². The van der Waals surface area contributed by atoms with E-state index in [1.165, 1.54) is 12.2 Å². The van der Waals surface area contributed by atoms with Gasteiger partial charge in [0.25, 0.3) is 0 Å². The molecule has 0 radical (unpaired) electrons. The average Bonchev–Trinajstić information content (AvgIpc) is 2.13. The number of hydrogen-bond acceptors (Lipinski definition) is 4. The van der Waals surface area contributed by atoms with Crippen LogP contribution >= 0.6 is 0 Å². The molecule has 0 aromatic carbocycles. The van der Waals surface area contributed by atoms with Gasteiger partial charge in [-0.25, -0.2) is 9.59 Å². The number of carbonyl (C=O) groups is 2. The van der Waals surface area contributed by atoms with Crippen LogP contribution in [0.2, 0.25) is 0 Å². The number of allylic oxidation sites excluding steroid dienone is 2. The summed E-state index contributed by atoms with van der Waals surface area (Å²) >= 11 is 0. The third kappa shape index (κ3) is 6.84. The molecule has 0 unspecified atom stereocenters. The molecule has 4 heteroatoms. The zero-order valence-electron chi connectivity index (χ0n) is 8.10. The normalized spacial score (nSPS) is 11.3. The zero-order valence-corrected chi connectivity index (χ0v) is 8.10. The van der Waals surface area contributed by atoms with Crippen LogP contribution in [-0.4, -0.2) is 11.9 Å². The topological polar surface area (TPSA) is 52.6 Å². The van der Waals surface area contributed by atoms with E-state index in [1.807, 2.05) is 0 Å². The third-order valence-electron chi connectivity index (χ3n) is 1.03. The fourth-order valence-electron chi connectivity index (χ4n) is 0.540. The molecule has 0 saturated carbocycles. The van der Waals surface area contributed by atoms with Gasteiger partial charge in [0, 0.05) is 12.2 Å². The first kappa shape index (κ1) is 12.2. The maximum atomic E-state index is 10.7. The smallest absolute Gasteiger partial charge is 0.335 e. The van der Waals surface area contributed by atoms with Crippen LogP contribution in [0.25, 0.3) is 0 Å². The highest BCUT2D eigenvalue weighted by Gasteiger charge is 1.92. The van der Waals surface area contributed by atoms with Gasteiger partial charge in [-0.1, -0.05) is 12.2 Å². The summed E-state index contributed by atoms with van der Waals surface area (Å²) in [6.07, 6.45) is 7.59. The molecule has 0 atom stereocenters. The molecule has 0 heterocycles. The number of hydrogen-bond donors (Lipinski definition) is 0. The van der Waals surface area contributed by atoms with Crippen LogP contribution in [0.4, 0.5) is 0 Å². The van der Waals surface area contributed by atoms with Crippen LogP contribution < -0.4 is 0 Å². The van der Waals surface area contributed by atoms with E-state index in [4.69, 9.17) is 0 Å². The van der Waals surface area contributed by atoms with E-state index in [1.54, 1.807) is 26.0 Å². The Morgan fingerprint density at radius 1 is 0.857 bits per heavy atom. The second kappa shape index (κ2) is 7.79. The van der Waals surface area contributed by atoms with Crippen molar-refractivity contribution in [3.8, 4) is 0 Å². The van der Waals surface area contributed by atoms with Crippen LogP contribution in [0, 0.1) is 0 Å². The quantitative estimate of drug-likeness (QED) is 0.390. The molecular formula is C10H12O4.